The third-order valence-corrected chi connectivity index (χ3v) is 4.72. The molecule has 0 spiro atoms. The van der Waals surface area contributed by atoms with Gasteiger partial charge in [-0.05, 0) is 30.5 Å². The van der Waals surface area contributed by atoms with Gasteiger partial charge in [-0.3, -0.25) is 0 Å². The molecule has 0 bridgehead atoms. The molecule has 0 saturated carbocycles. The molecule has 1 heterocycles. The molecule has 1 aromatic rings. The number of ether oxygens (including phenoxy) is 2. The predicted octanol–water partition coefficient (Wildman–Crippen LogP) is 2.61. The summed E-state index contributed by atoms with van der Waals surface area (Å²) in [5.41, 5.74) is 7.39. The van der Waals surface area contributed by atoms with Gasteiger partial charge in [0.25, 0.3) is 0 Å². The SMILES string of the molecule is COc1ccc(C(N)CSC2CCOCC2)cc1. The largest absolute Gasteiger partial charge is 0.497 e. The summed E-state index contributed by atoms with van der Waals surface area (Å²) in [4.78, 5) is 0. The summed E-state index contributed by atoms with van der Waals surface area (Å²) in [6.07, 6.45) is 2.31. The van der Waals surface area contributed by atoms with E-state index in [1.54, 1.807) is 7.11 Å². The van der Waals surface area contributed by atoms with E-state index >= 15 is 0 Å². The van der Waals surface area contributed by atoms with Gasteiger partial charge in [0.2, 0.25) is 0 Å². The number of thioether (sulfide) groups is 1. The number of rotatable bonds is 5. The molecule has 1 aliphatic rings. The average molecular weight is 267 g/mol. The Morgan fingerprint density at radius 3 is 2.61 bits per heavy atom. The van der Waals surface area contributed by atoms with Crippen molar-refractivity contribution < 1.29 is 9.47 Å². The fourth-order valence-corrected chi connectivity index (χ4v) is 3.23. The highest BCUT2D eigenvalue weighted by molar-refractivity contribution is 7.99. The summed E-state index contributed by atoms with van der Waals surface area (Å²) in [5, 5.41) is 0.711. The molecule has 2 rings (SSSR count). The van der Waals surface area contributed by atoms with Crippen LogP contribution in [-0.2, 0) is 4.74 Å². The molecule has 1 aromatic carbocycles. The molecule has 1 aliphatic heterocycles. The maximum Gasteiger partial charge on any atom is 0.118 e. The smallest absolute Gasteiger partial charge is 0.118 e. The van der Waals surface area contributed by atoms with Gasteiger partial charge in [-0.15, -0.1) is 0 Å². The van der Waals surface area contributed by atoms with Crippen LogP contribution in [0.5, 0.6) is 5.75 Å². The topological polar surface area (TPSA) is 44.5 Å². The molecule has 3 nitrogen and oxygen atoms in total. The first-order chi connectivity index (χ1) is 8.79. The van der Waals surface area contributed by atoms with Crippen molar-refractivity contribution in [1.82, 2.24) is 0 Å². The molecule has 1 fully saturated rings. The summed E-state index contributed by atoms with van der Waals surface area (Å²) < 4.78 is 10.5. The Kier molecular flexibility index (Phi) is 5.35. The van der Waals surface area contributed by atoms with Crippen molar-refractivity contribution in [2.75, 3.05) is 26.1 Å². The summed E-state index contributed by atoms with van der Waals surface area (Å²) in [6, 6.07) is 8.13. The van der Waals surface area contributed by atoms with E-state index in [-0.39, 0.29) is 6.04 Å². The Hall–Kier alpha value is -0.710. The van der Waals surface area contributed by atoms with Crippen LogP contribution in [0.4, 0.5) is 0 Å². The second-order valence-electron chi connectivity index (χ2n) is 4.52. The van der Waals surface area contributed by atoms with Gasteiger partial charge in [-0.2, -0.15) is 11.8 Å². The van der Waals surface area contributed by atoms with Crippen LogP contribution < -0.4 is 10.5 Å². The molecule has 1 saturated heterocycles. The molecule has 0 amide bonds. The first kappa shape index (κ1) is 13.7. The second kappa shape index (κ2) is 7.02. The Labute approximate surface area is 113 Å². The molecule has 18 heavy (non-hydrogen) atoms. The highest BCUT2D eigenvalue weighted by Gasteiger charge is 2.16. The van der Waals surface area contributed by atoms with Gasteiger partial charge in [0.1, 0.15) is 5.75 Å². The van der Waals surface area contributed by atoms with E-state index in [1.165, 1.54) is 5.56 Å². The molecule has 0 radical (unpaired) electrons. The number of hydrogen-bond acceptors (Lipinski definition) is 4. The Bertz CT molecular complexity index is 349. The van der Waals surface area contributed by atoms with Gasteiger partial charge in [-0.25, -0.2) is 0 Å². The van der Waals surface area contributed by atoms with Gasteiger partial charge in [0, 0.05) is 30.3 Å². The highest BCUT2D eigenvalue weighted by Crippen LogP contribution is 2.26. The molecule has 1 atom stereocenters. The zero-order chi connectivity index (χ0) is 12.8. The number of benzene rings is 1. The third kappa shape index (κ3) is 3.90. The maximum atomic E-state index is 6.21. The quantitative estimate of drug-likeness (QED) is 0.890. The van der Waals surface area contributed by atoms with Crippen molar-refractivity contribution in [2.45, 2.75) is 24.1 Å². The summed E-state index contributed by atoms with van der Waals surface area (Å²) >= 11 is 1.97. The van der Waals surface area contributed by atoms with Crippen LogP contribution in [0, 0.1) is 0 Å². The van der Waals surface area contributed by atoms with Crippen molar-refractivity contribution >= 4 is 11.8 Å². The zero-order valence-electron chi connectivity index (χ0n) is 10.8. The van der Waals surface area contributed by atoms with Gasteiger partial charge >= 0.3 is 0 Å². The van der Waals surface area contributed by atoms with Crippen LogP contribution >= 0.6 is 11.8 Å². The van der Waals surface area contributed by atoms with Crippen molar-refractivity contribution in [3.05, 3.63) is 29.8 Å². The van der Waals surface area contributed by atoms with E-state index in [4.69, 9.17) is 15.2 Å². The minimum Gasteiger partial charge on any atom is -0.497 e. The minimum absolute atomic E-state index is 0.101. The fourth-order valence-electron chi connectivity index (χ4n) is 2.03. The summed E-state index contributed by atoms with van der Waals surface area (Å²) in [5.74, 6) is 1.85. The Balaban J connectivity index is 1.80. The second-order valence-corrected chi connectivity index (χ2v) is 5.86. The Morgan fingerprint density at radius 2 is 2.00 bits per heavy atom. The van der Waals surface area contributed by atoms with Crippen LogP contribution in [0.1, 0.15) is 24.4 Å². The van der Waals surface area contributed by atoms with E-state index < -0.39 is 0 Å². The van der Waals surface area contributed by atoms with Crippen molar-refractivity contribution in [1.29, 1.82) is 0 Å². The van der Waals surface area contributed by atoms with E-state index in [2.05, 4.69) is 0 Å². The molecule has 4 heteroatoms. The predicted molar refractivity (Wildman–Crippen MR) is 76.2 cm³/mol. The zero-order valence-corrected chi connectivity index (χ0v) is 11.6. The normalized spacial score (nSPS) is 18.6. The lowest BCUT2D eigenvalue weighted by Crippen LogP contribution is -2.21. The van der Waals surface area contributed by atoms with Crippen molar-refractivity contribution in [3.8, 4) is 5.75 Å². The van der Waals surface area contributed by atoms with Gasteiger partial charge in [0.15, 0.2) is 0 Å². The number of hydrogen-bond donors (Lipinski definition) is 1. The highest BCUT2D eigenvalue weighted by atomic mass is 32.2. The molecular formula is C14H21NO2S. The molecule has 1 unspecified atom stereocenters. The van der Waals surface area contributed by atoms with Gasteiger partial charge in [0.05, 0.1) is 7.11 Å². The lowest BCUT2D eigenvalue weighted by atomic mass is 10.1. The number of methoxy groups -OCH3 is 1. The first-order valence-electron chi connectivity index (χ1n) is 6.38. The molecular weight excluding hydrogens is 246 g/mol. The lowest BCUT2D eigenvalue weighted by molar-refractivity contribution is 0.1000. The molecule has 0 aromatic heterocycles. The monoisotopic (exact) mass is 267 g/mol. The number of nitrogens with two attached hydrogens (primary N) is 1. The van der Waals surface area contributed by atoms with Crippen molar-refractivity contribution in [3.63, 3.8) is 0 Å². The van der Waals surface area contributed by atoms with E-state index in [1.807, 2.05) is 36.0 Å². The average Bonchev–Trinajstić information content (AvgIpc) is 2.46. The van der Waals surface area contributed by atoms with Gasteiger partial charge in [-0.1, -0.05) is 12.1 Å². The van der Waals surface area contributed by atoms with Crippen LogP contribution in [0.3, 0.4) is 0 Å². The van der Waals surface area contributed by atoms with Crippen LogP contribution in [0.2, 0.25) is 0 Å². The standard InChI is InChI=1S/C14H21NO2S/c1-16-12-4-2-11(3-5-12)14(15)10-18-13-6-8-17-9-7-13/h2-5,13-14H,6-10,15H2,1H3. The third-order valence-electron chi connectivity index (χ3n) is 3.22. The van der Waals surface area contributed by atoms with E-state index in [9.17, 15) is 0 Å². The summed E-state index contributed by atoms with van der Waals surface area (Å²) in [6.45, 7) is 1.80. The lowest BCUT2D eigenvalue weighted by Gasteiger charge is -2.23. The Morgan fingerprint density at radius 1 is 1.33 bits per heavy atom. The van der Waals surface area contributed by atoms with E-state index in [0.29, 0.717) is 5.25 Å². The molecule has 0 aliphatic carbocycles. The van der Waals surface area contributed by atoms with Crippen LogP contribution in [-0.4, -0.2) is 31.3 Å². The van der Waals surface area contributed by atoms with Crippen LogP contribution in [0.15, 0.2) is 24.3 Å². The minimum atomic E-state index is 0.101. The fraction of sp³-hybridized carbons (Fsp3) is 0.571. The summed E-state index contributed by atoms with van der Waals surface area (Å²) in [7, 11) is 1.68. The first-order valence-corrected chi connectivity index (χ1v) is 7.43. The maximum absolute atomic E-state index is 6.21. The molecule has 100 valence electrons. The van der Waals surface area contributed by atoms with Gasteiger partial charge < -0.3 is 15.2 Å². The van der Waals surface area contributed by atoms with Crippen LogP contribution in [0.25, 0.3) is 0 Å². The van der Waals surface area contributed by atoms with E-state index in [0.717, 1.165) is 37.6 Å². The van der Waals surface area contributed by atoms with Crippen molar-refractivity contribution in [2.24, 2.45) is 5.73 Å². The molecule has 2 N–H and O–H groups in total.